The number of rotatable bonds is 8. The second-order valence-corrected chi connectivity index (χ2v) is 12.8. The van der Waals surface area contributed by atoms with Gasteiger partial charge in [0, 0.05) is 0 Å². The van der Waals surface area contributed by atoms with Crippen molar-refractivity contribution in [3.8, 4) is 0 Å². The molecular formula is C22H31NO3Si. The van der Waals surface area contributed by atoms with Gasteiger partial charge in [-0.3, -0.25) is 4.79 Å². The zero-order valence-electron chi connectivity index (χ0n) is 16.7. The molecule has 3 N–H and O–H groups in total. The van der Waals surface area contributed by atoms with Gasteiger partial charge in [0.2, 0.25) is 0 Å². The molecule has 0 aromatic heterocycles. The van der Waals surface area contributed by atoms with E-state index in [1.54, 1.807) is 0 Å². The molecule has 2 aromatic rings. The number of esters is 1. The second kappa shape index (κ2) is 8.82. The minimum atomic E-state index is -2.28. The SMILES string of the molecule is CC(C)(Cc1cccc(C[C@H](N)C(=O)OCc2ccccc2)c1)[Si](C)(C)O. The normalized spacial score (nSPS) is 13.3. The Kier molecular flexibility index (Phi) is 6.98. The summed E-state index contributed by atoms with van der Waals surface area (Å²) in [6, 6.07) is 17.0. The molecule has 0 saturated heterocycles. The largest absolute Gasteiger partial charge is 0.460 e. The molecule has 2 aromatic carbocycles. The van der Waals surface area contributed by atoms with Gasteiger partial charge in [0.15, 0.2) is 8.32 Å². The minimum absolute atomic E-state index is 0.137. The summed E-state index contributed by atoms with van der Waals surface area (Å²) in [6.07, 6.45) is 1.23. The van der Waals surface area contributed by atoms with E-state index in [2.05, 4.69) is 26.0 Å². The van der Waals surface area contributed by atoms with E-state index in [-0.39, 0.29) is 11.6 Å². The van der Waals surface area contributed by atoms with Gasteiger partial charge in [-0.05, 0) is 47.7 Å². The van der Waals surface area contributed by atoms with Crippen molar-refractivity contribution < 1.29 is 14.3 Å². The van der Waals surface area contributed by atoms with Gasteiger partial charge in [-0.15, -0.1) is 0 Å². The standard InChI is InChI=1S/C22H31NO3Si/c1-22(2,27(3,4)25)15-19-12-8-11-18(13-19)14-20(23)21(24)26-16-17-9-6-5-7-10-17/h5-13,20,25H,14-16,23H2,1-4H3/t20-/m0/s1. The Labute approximate surface area is 163 Å². The maximum absolute atomic E-state index is 12.2. The molecule has 0 radical (unpaired) electrons. The molecule has 0 aliphatic heterocycles. The highest BCUT2D eigenvalue weighted by molar-refractivity contribution is 6.72. The van der Waals surface area contributed by atoms with Gasteiger partial charge in [0.1, 0.15) is 12.6 Å². The first kappa shape index (κ1) is 21.3. The topological polar surface area (TPSA) is 72.6 Å². The highest BCUT2D eigenvalue weighted by Crippen LogP contribution is 2.38. The first-order valence-electron chi connectivity index (χ1n) is 9.35. The molecule has 0 unspecified atom stereocenters. The quantitative estimate of drug-likeness (QED) is 0.535. The van der Waals surface area contributed by atoms with Crippen LogP contribution in [0.4, 0.5) is 0 Å². The summed E-state index contributed by atoms with van der Waals surface area (Å²) in [6.45, 7) is 8.39. The van der Waals surface area contributed by atoms with Crippen molar-refractivity contribution in [2.75, 3.05) is 0 Å². The summed E-state index contributed by atoms with van der Waals surface area (Å²) in [7, 11) is -2.28. The van der Waals surface area contributed by atoms with Gasteiger partial charge in [-0.25, -0.2) is 0 Å². The monoisotopic (exact) mass is 385 g/mol. The third-order valence-electron chi connectivity index (χ3n) is 5.28. The average molecular weight is 386 g/mol. The van der Waals surface area contributed by atoms with Gasteiger partial charge >= 0.3 is 5.97 Å². The van der Waals surface area contributed by atoms with E-state index in [1.165, 1.54) is 0 Å². The number of hydrogen-bond acceptors (Lipinski definition) is 4. The van der Waals surface area contributed by atoms with Crippen molar-refractivity contribution in [3.63, 3.8) is 0 Å². The molecule has 0 aliphatic rings. The summed E-state index contributed by atoms with van der Waals surface area (Å²) < 4.78 is 5.33. The Morgan fingerprint density at radius 1 is 1.07 bits per heavy atom. The minimum Gasteiger partial charge on any atom is -0.460 e. The molecule has 0 spiro atoms. The molecule has 0 fully saturated rings. The lowest BCUT2D eigenvalue weighted by molar-refractivity contribution is -0.146. The van der Waals surface area contributed by atoms with Crippen LogP contribution in [0.1, 0.15) is 30.5 Å². The number of nitrogens with two attached hydrogens (primary N) is 1. The molecule has 0 aliphatic carbocycles. The van der Waals surface area contributed by atoms with E-state index in [1.807, 2.05) is 55.6 Å². The molecule has 0 saturated carbocycles. The number of benzene rings is 2. The van der Waals surface area contributed by atoms with Gasteiger partial charge in [0.25, 0.3) is 0 Å². The van der Waals surface area contributed by atoms with E-state index >= 15 is 0 Å². The van der Waals surface area contributed by atoms with E-state index < -0.39 is 20.3 Å². The van der Waals surface area contributed by atoms with E-state index in [9.17, 15) is 9.59 Å². The Morgan fingerprint density at radius 3 is 2.30 bits per heavy atom. The van der Waals surface area contributed by atoms with Crippen LogP contribution >= 0.6 is 0 Å². The summed E-state index contributed by atoms with van der Waals surface area (Å²) >= 11 is 0. The molecule has 0 bridgehead atoms. The Hall–Kier alpha value is -1.95. The highest BCUT2D eigenvalue weighted by atomic mass is 28.4. The van der Waals surface area contributed by atoms with Gasteiger partial charge in [-0.2, -0.15) is 0 Å². The number of carbonyl (C=O) groups excluding carboxylic acids is 1. The zero-order chi connectivity index (χ0) is 20.1. The second-order valence-electron chi connectivity index (χ2n) is 8.34. The first-order chi connectivity index (χ1) is 12.6. The van der Waals surface area contributed by atoms with Gasteiger partial charge in [0.05, 0.1) is 0 Å². The third kappa shape index (κ3) is 6.31. The molecular weight excluding hydrogens is 354 g/mol. The Bertz CT molecular complexity index is 754. The summed E-state index contributed by atoms with van der Waals surface area (Å²) in [5.74, 6) is -0.395. The van der Waals surface area contributed by atoms with Crippen LogP contribution in [0.5, 0.6) is 0 Å². The predicted octanol–water partition coefficient (Wildman–Crippen LogP) is 3.82. The Balaban J connectivity index is 1.95. The van der Waals surface area contributed by atoms with Crippen LogP contribution in [0.25, 0.3) is 0 Å². The third-order valence-corrected chi connectivity index (χ3v) is 8.77. The van der Waals surface area contributed by atoms with Gasteiger partial charge in [-0.1, -0.05) is 68.4 Å². The molecule has 0 heterocycles. The zero-order valence-corrected chi connectivity index (χ0v) is 17.7. The van der Waals surface area contributed by atoms with Crippen molar-refractivity contribution in [2.24, 2.45) is 5.73 Å². The van der Waals surface area contributed by atoms with Crippen molar-refractivity contribution >= 4 is 14.3 Å². The van der Waals surface area contributed by atoms with Crippen LogP contribution in [-0.2, 0) is 29.0 Å². The smallest absolute Gasteiger partial charge is 0.323 e. The molecule has 5 heteroatoms. The van der Waals surface area contributed by atoms with Crippen LogP contribution in [0.2, 0.25) is 18.1 Å². The lowest BCUT2D eigenvalue weighted by atomic mass is 9.98. The van der Waals surface area contributed by atoms with Crippen molar-refractivity contribution in [1.82, 2.24) is 0 Å². The van der Waals surface area contributed by atoms with E-state index in [0.29, 0.717) is 6.42 Å². The summed E-state index contributed by atoms with van der Waals surface area (Å²) in [5.41, 5.74) is 9.15. The molecule has 1 atom stereocenters. The van der Waals surface area contributed by atoms with Gasteiger partial charge < -0.3 is 15.3 Å². The van der Waals surface area contributed by atoms with Crippen molar-refractivity contribution in [2.45, 2.75) is 57.5 Å². The average Bonchev–Trinajstić information content (AvgIpc) is 2.59. The van der Waals surface area contributed by atoms with Crippen LogP contribution in [0.3, 0.4) is 0 Å². The lowest BCUT2D eigenvalue weighted by Gasteiger charge is -2.35. The van der Waals surface area contributed by atoms with Crippen molar-refractivity contribution in [1.29, 1.82) is 0 Å². The van der Waals surface area contributed by atoms with Crippen LogP contribution < -0.4 is 5.73 Å². The van der Waals surface area contributed by atoms with Crippen molar-refractivity contribution in [3.05, 3.63) is 71.3 Å². The maximum Gasteiger partial charge on any atom is 0.323 e. The molecule has 0 amide bonds. The maximum atomic E-state index is 12.2. The fourth-order valence-electron chi connectivity index (χ4n) is 2.77. The van der Waals surface area contributed by atoms with E-state index in [0.717, 1.165) is 23.1 Å². The fraction of sp³-hybridized carbons (Fsp3) is 0.409. The van der Waals surface area contributed by atoms with Crippen LogP contribution in [0.15, 0.2) is 54.6 Å². The van der Waals surface area contributed by atoms with Crippen LogP contribution in [-0.4, -0.2) is 25.1 Å². The molecule has 2 rings (SSSR count). The summed E-state index contributed by atoms with van der Waals surface area (Å²) in [5, 5.41) is -0.137. The predicted molar refractivity (Wildman–Crippen MR) is 112 cm³/mol. The van der Waals surface area contributed by atoms with E-state index in [4.69, 9.17) is 10.5 Å². The number of ether oxygens (including phenoxy) is 1. The highest BCUT2D eigenvalue weighted by Gasteiger charge is 2.37. The molecule has 27 heavy (non-hydrogen) atoms. The first-order valence-corrected chi connectivity index (χ1v) is 12.3. The summed E-state index contributed by atoms with van der Waals surface area (Å²) in [4.78, 5) is 22.7. The Morgan fingerprint density at radius 2 is 1.67 bits per heavy atom. The number of carbonyl (C=O) groups is 1. The molecule has 146 valence electrons. The molecule has 4 nitrogen and oxygen atoms in total. The number of hydrogen-bond donors (Lipinski definition) is 2. The lowest BCUT2D eigenvalue weighted by Crippen LogP contribution is -2.40. The van der Waals surface area contributed by atoms with Crippen LogP contribution in [0, 0.1) is 0 Å². The fourth-order valence-corrected chi connectivity index (χ4v) is 3.40.